The average molecular weight is 465 g/mol. The predicted octanol–water partition coefficient (Wildman–Crippen LogP) is 5.41. The predicted molar refractivity (Wildman–Crippen MR) is 136 cm³/mol. The minimum Gasteiger partial charge on any atom is -0.484 e. The molecule has 35 heavy (non-hydrogen) atoms. The van der Waals surface area contributed by atoms with Gasteiger partial charge < -0.3 is 9.47 Å². The van der Waals surface area contributed by atoms with E-state index in [1.807, 2.05) is 73.7 Å². The summed E-state index contributed by atoms with van der Waals surface area (Å²) in [7, 11) is 0. The molecule has 4 aromatic carbocycles. The monoisotopic (exact) mass is 464 g/mol. The van der Waals surface area contributed by atoms with Crippen molar-refractivity contribution < 1.29 is 19.1 Å². The van der Waals surface area contributed by atoms with E-state index in [1.165, 1.54) is 6.21 Å². The van der Waals surface area contributed by atoms with Gasteiger partial charge >= 0.3 is 5.97 Å². The zero-order chi connectivity index (χ0) is 24.5. The molecular formula is C29H24N2O4. The van der Waals surface area contributed by atoms with Gasteiger partial charge in [0.25, 0.3) is 5.91 Å². The second-order valence-corrected chi connectivity index (χ2v) is 7.75. The number of amides is 1. The van der Waals surface area contributed by atoms with Crippen LogP contribution in [-0.4, -0.2) is 24.7 Å². The normalized spacial score (nSPS) is 10.7. The fraction of sp³-hybridized carbons (Fsp3) is 0.0690. The molecule has 174 valence electrons. The summed E-state index contributed by atoms with van der Waals surface area (Å²) in [5.41, 5.74) is 6.73. The lowest BCUT2D eigenvalue weighted by atomic mass is 10.1. The van der Waals surface area contributed by atoms with Crippen molar-refractivity contribution >= 4 is 18.1 Å². The van der Waals surface area contributed by atoms with Gasteiger partial charge in [-0.1, -0.05) is 60.7 Å². The van der Waals surface area contributed by atoms with Crippen LogP contribution in [0.4, 0.5) is 0 Å². The number of carbonyl (C=O) groups is 2. The molecule has 0 unspecified atom stereocenters. The van der Waals surface area contributed by atoms with Gasteiger partial charge in [0.05, 0.1) is 11.8 Å². The summed E-state index contributed by atoms with van der Waals surface area (Å²) in [6, 6.07) is 31.6. The van der Waals surface area contributed by atoms with Crippen molar-refractivity contribution in [3.8, 4) is 22.6 Å². The van der Waals surface area contributed by atoms with Crippen LogP contribution in [0.2, 0.25) is 0 Å². The highest BCUT2D eigenvalue weighted by molar-refractivity contribution is 5.92. The largest absolute Gasteiger partial charge is 0.484 e. The van der Waals surface area contributed by atoms with Crippen LogP contribution in [0.5, 0.6) is 11.5 Å². The summed E-state index contributed by atoms with van der Waals surface area (Å²) in [6.45, 7) is 1.70. The first-order valence-electron chi connectivity index (χ1n) is 11.1. The molecule has 0 aliphatic heterocycles. The van der Waals surface area contributed by atoms with Gasteiger partial charge in [-0.3, -0.25) is 4.79 Å². The molecule has 6 nitrogen and oxygen atoms in total. The minimum absolute atomic E-state index is 0.157. The van der Waals surface area contributed by atoms with E-state index in [1.54, 1.807) is 36.4 Å². The van der Waals surface area contributed by atoms with Crippen LogP contribution in [0.1, 0.15) is 21.5 Å². The van der Waals surface area contributed by atoms with Gasteiger partial charge in [0, 0.05) is 0 Å². The van der Waals surface area contributed by atoms with Crippen molar-refractivity contribution in [2.45, 2.75) is 6.92 Å². The molecule has 0 spiro atoms. The van der Waals surface area contributed by atoms with E-state index in [2.05, 4.69) is 10.5 Å². The van der Waals surface area contributed by atoms with Gasteiger partial charge in [0.2, 0.25) is 0 Å². The third-order valence-electron chi connectivity index (χ3n) is 5.19. The number of hydrogen-bond acceptors (Lipinski definition) is 5. The van der Waals surface area contributed by atoms with E-state index < -0.39 is 5.97 Å². The van der Waals surface area contributed by atoms with Crippen molar-refractivity contribution in [1.29, 1.82) is 0 Å². The molecule has 4 aromatic rings. The van der Waals surface area contributed by atoms with E-state index >= 15 is 0 Å². The molecule has 1 N–H and O–H groups in total. The van der Waals surface area contributed by atoms with Crippen molar-refractivity contribution in [1.82, 2.24) is 5.43 Å². The van der Waals surface area contributed by atoms with Crippen LogP contribution in [-0.2, 0) is 4.79 Å². The Labute approximate surface area is 203 Å². The lowest BCUT2D eigenvalue weighted by Crippen LogP contribution is -2.24. The molecule has 6 heteroatoms. The zero-order valence-corrected chi connectivity index (χ0v) is 19.2. The average Bonchev–Trinajstić information content (AvgIpc) is 2.89. The highest BCUT2D eigenvalue weighted by Crippen LogP contribution is 2.22. The van der Waals surface area contributed by atoms with E-state index in [0.29, 0.717) is 17.1 Å². The van der Waals surface area contributed by atoms with E-state index in [4.69, 9.17) is 9.47 Å². The van der Waals surface area contributed by atoms with Gasteiger partial charge in [-0.25, -0.2) is 10.2 Å². The Morgan fingerprint density at radius 1 is 0.771 bits per heavy atom. The summed E-state index contributed by atoms with van der Waals surface area (Å²) in [5, 5.41) is 3.95. The molecule has 0 aromatic heterocycles. The van der Waals surface area contributed by atoms with Crippen LogP contribution in [0.25, 0.3) is 11.1 Å². The second-order valence-electron chi connectivity index (χ2n) is 7.75. The number of carbonyl (C=O) groups excluding carboxylic acids is 2. The number of benzene rings is 4. The number of hydrogen-bond donors (Lipinski definition) is 1. The molecule has 0 aliphatic rings. The molecule has 0 fully saturated rings. The summed E-state index contributed by atoms with van der Waals surface area (Å²) in [4.78, 5) is 24.3. The van der Waals surface area contributed by atoms with Crippen molar-refractivity contribution in [3.63, 3.8) is 0 Å². The Morgan fingerprint density at radius 2 is 1.40 bits per heavy atom. The summed E-state index contributed by atoms with van der Waals surface area (Å²) in [6.07, 6.45) is 1.50. The Morgan fingerprint density at radius 3 is 2.11 bits per heavy atom. The Kier molecular flexibility index (Phi) is 7.66. The van der Waals surface area contributed by atoms with Gasteiger partial charge in [0.15, 0.2) is 6.61 Å². The molecule has 0 saturated heterocycles. The van der Waals surface area contributed by atoms with Gasteiger partial charge in [-0.15, -0.1) is 0 Å². The topological polar surface area (TPSA) is 77.0 Å². The van der Waals surface area contributed by atoms with Crippen LogP contribution in [0, 0.1) is 6.92 Å². The standard InChI is InChI=1S/C29H24N2O4/c1-21-7-5-6-10-27(21)29(33)35-26-15-11-22(12-16-26)19-30-31-28(32)20-34-25-17-13-24(14-18-25)23-8-3-2-4-9-23/h2-19H,20H2,1H3,(H,31,32). The van der Waals surface area contributed by atoms with E-state index in [-0.39, 0.29) is 12.5 Å². The maximum absolute atomic E-state index is 12.3. The lowest BCUT2D eigenvalue weighted by molar-refractivity contribution is -0.123. The van der Waals surface area contributed by atoms with Crippen LogP contribution < -0.4 is 14.9 Å². The Hall–Kier alpha value is -4.71. The number of esters is 1. The molecule has 0 atom stereocenters. The third-order valence-corrected chi connectivity index (χ3v) is 5.19. The molecule has 0 aliphatic carbocycles. The van der Waals surface area contributed by atoms with Gasteiger partial charge in [0.1, 0.15) is 11.5 Å². The summed E-state index contributed by atoms with van der Waals surface area (Å²) < 4.78 is 10.9. The molecule has 4 rings (SSSR count). The second kappa shape index (κ2) is 11.4. The smallest absolute Gasteiger partial charge is 0.343 e. The van der Waals surface area contributed by atoms with Gasteiger partial charge in [-0.05, 0) is 71.6 Å². The molecule has 0 saturated carbocycles. The Bertz CT molecular complexity index is 1320. The molecule has 1 amide bonds. The zero-order valence-electron chi connectivity index (χ0n) is 19.2. The first kappa shape index (κ1) is 23.4. The maximum Gasteiger partial charge on any atom is 0.343 e. The quantitative estimate of drug-likeness (QED) is 0.164. The molecule has 0 bridgehead atoms. The van der Waals surface area contributed by atoms with Crippen molar-refractivity contribution in [2.75, 3.05) is 6.61 Å². The highest BCUT2D eigenvalue weighted by Gasteiger charge is 2.10. The molecule has 0 radical (unpaired) electrons. The fourth-order valence-electron chi connectivity index (χ4n) is 3.32. The number of ether oxygens (including phenoxy) is 2. The molecule has 0 heterocycles. The van der Waals surface area contributed by atoms with E-state index in [9.17, 15) is 9.59 Å². The van der Waals surface area contributed by atoms with E-state index in [0.717, 1.165) is 22.3 Å². The third kappa shape index (κ3) is 6.65. The Balaban J connectivity index is 1.23. The summed E-state index contributed by atoms with van der Waals surface area (Å²) in [5.74, 6) is 0.231. The number of aryl methyl sites for hydroxylation is 1. The van der Waals surface area contributed by atoms with Crippen LogP contribution >= 0.6 is 0 Å². The lowest BCUT2D eigenvalue weighted by Gasteiger charge is -2.07. The highest BCUT2D eigenvalue weighted by atomic mass is 16.5. The number of rotatable bonds is 8. The van der Waals surface area contributed by atoms with Crippen LogP contribution in [0.3, 0.4) is 0 Å². The first-order chi connectivity index (χ1) is 17.1. The van der Waals surface area contributed by atoms with Gasteiger partial charge in [-0.2, -0.15) is 5.10 Å². The summed E-state index contributed by atoms with van der Waals surface area (Å²) >= 11 is 0. The minimum atomic E-state index is -0.411. The van der Waals surface area contributed by atoms with Crippen LogP contribution in [0.15, 0.2) is 108 Å². The fourth-order valence-corrected chi connectivity index (χ4v) is 3.32. The van der Waals surface area contributed by atoms with Crippen molar-refractivity contribution in [2.24, 2.45) is 5.10 Å². The number of hydrazone groups is 1. The first-order valence-corrected chi connectivity index (χ1v) is 11.1. The maximum atomic E-state index is 12.3. The number of nitrogens with zero attached hydrogens (tertiary/aromatic N) is 1. The number of nitrogens with one attached hydrogen (secondary N) is 1. The molecular weight excluding hydrogens is 440 g/mol. The SMILES string of the molecule is Cc1ccccc1C(=O)Oc1ccc(C=NNC(=O)COc2ccc(-c3ccccc3)cc2)cc1. The van der Waals surface area contributed by atoms with Crippen molar-refractivity contribution in [3.05, 3.63) is 120 Å².